The molecule has 172 valence electrons. The van der Waals surface area contributed by atoms with Crippen LogP contribution in [-0.4, -0.2) is 44.5 Å². The molecule has 31 heavy (non-hydrogen) atoms. The molecule has 3 fully saturated rings. The molecule has 2 bridgehead atoms. The number of ether oxygens (including phenoxy) is 1. The van der Waals surface area contributed by atoms with Gasteiger partial charge in [0.25, 0.3) is 5.91 Å². The summed E-state index contributed by atoms with van der Waals surface area (Å²) in [5.41, 5.74) is 1.14. The number of carbonyl (C=O) groups excluding carboxylic acids is 1. The quantitative estimate of drug-likeness (QED) is 0.737. The first-order chi connectivity index (χ1) is 14.3. The van der Waals surface area contributed by atoms with Crippen molar-refractivity contribution >= 4 is 15.7 Å². The van der Waals surface area contributed by atoms with Crippen LogP contribution < -0.4 is 10.6 Å². The Balaban J connectivity index is 1.63. The van der Waals surface area contributed by atoms with Gasteiger partial charge in [0.05, 0.1) is 11.0 Å². The summed E-state index contributed by atoms with van der Waals surface area (Å²) in [5.74, 6) is 0.416. The van der Waals surface area contributed by atoms with Gasteiger partial charge in [-0.2, -0.15) is 0 Å². The molecule has 1 aliphatic heterocycles. The minimum absolute atomic E-state index is 0.0352. The smallest absolute Gasteiger partial charge is 0.251 e. The molecule has 0 aromatic heterocycles. The highest BCUT2D eigenvalue weighted by Gasteiger charge is 2.59. The molecule has 1 aromatic carbocycles. The molecule has 1 aromatic rings. The number of aryl methyl sites for hydroxylation is 1. The van der Waals surface area contributed by atoms with Crippen LogP contribution in [0.25, 0.3) is 0 Å². The number of sulfone groups is 1. The summed E-state index contributed by atoms with van der Waals surface area (Å²) in [6.45, 7) is 12.8. The lowest BCUT2D eigenvalue weighted by atomic mass is 9.68. The van der Waals surface area contributed by atoms with Crippen LogP contribution in [0.1, 0.15) is 69.8 Å². The van der Waals surface area contributed by atoms with Crippen molar-refractivity contribution in [3.63, 3.8) is 0 Å². The van der Waals surface area contributed by atoms with Crippen LogP contribution in [0.4, 0.5) is 0 Å². The topological polar surface area (TPSA) is 84.5 Å². The van der Waals surface area contributed by atoms with Gasteiger partial charge in [-0.1, -0.05) is 26.8 Å². The zero-order valence-corrected chi connectivity index (χ0v) is 20.4. The van der Waals surface area contributed by atoms with Crippen LogP contribution in [0.15, 0.2) is 23.1 Å². The van der Waals surface area contributed by atoms with Crippen LogP contribution in [0, 0.1) is 23.7 Å². The zero-order valence-electron chi connectivity index (χ0n) is 19.5. The standard InChI is InChI=1S/C24H36N2O4S/c1-15-7-8-17(11-19(15)31(28,29)24(6)14-25-13-16(2)30-24)20(27)26-21-22(3,4)18-9-10-23(21,5)12-18/h7-8,11,16,18,21,25H,9-10,12-14H2,1-6H3,(H,26,27)/t16?,18-,21?,23+,24?/m1/s1. The largest absolute Gasteiger partial charge is 0.353 e. The van der Waals surface area contributed by atoms with Crippen LogP contribution in [0.5, 0.6) is 0 Å². The van der Waals surface area contributed by atoms with Crippen molar-refractivity contribution in [1.82, 2.24) is 10.6 Å². The highest BCUT2D eigenvalue weighted by molar-refractivity contribution is 7.92. The fourth-order valence-electron chi connectivity index (χ4n) is 6.31. The zero-order chi connectivity index (χ0) is 22.8. The molecule has 4 rings (SSSR count). The highest BCUT2D eigenvalue weighted by Crippen LogP contribution is 2.62. The van der Waals surface area contributed by atoms with Crippen LogP contribution in [-0.2, 0) is 14.6 Å². The van der Waals surface area contributed by atoms with Crippen molar-refractivity contribution in [3.05, 3.63) is 29.3 Å². The molecule has 6 nitrogen and oxygen atoms in total. The Bertz CT molecular complexity index is 1000. The summed E-state index contributed by atoms with van der Waals surface area (Å²) >= 11 is 0. The Hall–Kier alpha value is -1.44. The Kier molecular flexibility index (Phi) is 5.35. The van der Waals surface area contributed by atoms with E-state index in [1.54, 1.807) is 26.0 Å². The number of fused-ring (bicyclic) bond motifs is 2. The normalized spacial score (nSPS) is 37.0. The molecule has 7 heteroatoms. The molecule has 0 spiro atoms. The van der Waals surface area contributed by atoms with Crippen molar-refractivity contribution in [2.75, 3.05) is 13.1 Å². The number of hydrogen-bond donors (Lipinski definition) is 2. The van der Waals surface area contributed by atoms with E-state index < -0.39 is 14.8 Å². The van der Waals surface area contributed by atoms with Gasteiger partial charge in [-0.25, -0.2) is 8.42 Å². The Morgan fingerprint density at radius 2 is 1.94 bits per heavy atom. The average Bonchev–Trinajstić information content (AvgIpc) is 3.16. The van der Waals surface area contributed by atoms with E-state index in [0.29, 0.717) is 23.6 Å². The number of amides is 1. The summed E-state index contributed by atoms with van der Waals surface area (Å²) in [6.07, 6.45) is 3.27. The van der Waals surface area contributed by atoms with E-state index in [2.05, 4.69) is 31.4 Å². The van der Waals surface area contributed by atoms with Crippen LogP contribution in [0.2, 0.25) is 0 Å². The lowest BCUT2D eigenvalue weighted by molar-refractivity contribution is -0.0453. The van der Waals surface area contributed by atoms with E-state index in [-0.39, 0.29) is 40.3 Å². The van der Waals surface area contributed by atoms with Gasteiger partial charge in [0.15, 0.2) is 4.93 Å². The maximum Gasteiger partial charge on any atom is 0.251 e. The van der Waals surface area contributed by atoms with Crippen molar-refractivity contribution in [2.24, 2.45) is 16.7 Å². The summed E-state index contributed by atoms with van der Waals surface area (Å²) in [6, 6.07) is 5.04. The summed E-state index contributed by atoms with van der Waals surface area (Å²) in [4.78, 5) is 12.0. The maximum atomic E-state index is 13.6. The predicted molar refractivity (Wildman–Crippen MR) is 121 cm³/mol. The second-order valence-electron chi connectivity index (χ2n) is 11.0. The fraction of sp³-hybridized carbons (Fsp3) is 0.708. The van der Waals surface area contributed by atoms with E-state index in [1.165, 1.54) is 12.5 Å². The molecule has 2 saturated carbocycles. The summed E-state index contributed by atoms with van der Waals surface area (Å²) < 4.78 is 33.0. The van der Waals surface area contributed by atoms with Crippen molar-refractivity contribution in [2.45, 2.75) is 82.8 Å². The number of carbonyl (C=O) groups is 1. The number of benzene rings is 1. The van der Waals surface area contributed by atoms with Gasteiger partial charge in [0.2, 0.25) is 9.84 Å². The lowest BCUT2D eigenvalue weighted by Crippen LogP contribution is -2.55. The molecular formula is C24H36N2O4S. The second-order valence-corrected chi connectivity index (χ2v) is 13.3. The second kappa shape index (κ2) is 7.29. The van der Waals surface area contributed by atoms with Gasteiger partial charge in [-0.3, -0.25) is 4.79 Å². The number of rotatable bonds is 4. The molecule has 5 atom stereocenters. The minimum atomic E-state index is -3.82. The van der Waals surface area contributed by atoms with Crippen molar-refractivity contribution in [1.29, 1.82) is 0 Å². The van der Waals surface area contributed by atoms with Gasteiger partial charge in [0, 0.05) is 24.7 Å². The van der Waals surface area contributed by atoms with Crippen LogP contribution >= 0.6 is 0 Å². The number of morpholine rings is 1. The summed E-state index contributed by atoms with van der Waals surface area (Å²) in [5, 5.41) is 6.43. The monoisotopic (exact) mass is 448 g/mol. The lowest BCUT2D eigenvalue weighted by Gasteiger charge is -2.43. The van der Waals surface area contributed by atoms with E-state index in [1.807, 2.05) is 6.92 Å². The van der Waals surface area contributed by atoms with Gasteiger partial charge in [-0.05, 0) is 74.5 Å². The first-order valence-corrected chi connectivity index (χ1v) is 12.8. The van der Waals surface area contributed by atoms with E-state index in [9.17, 15) is 13.2 Å². The predicted octanol–water partition coefficient (Wildman–Crippen LogP) is 3.44. The van der Waals surface area contributed by atoms with Gasteiger partial charge in [-0.15, -0.1) is 0 Å². The van der Waals surface area contributed by atoms with E-state index >= 15 is 0 Å². The third kappa shape index (κ3) is 3.53. The average molecular weight is 449 g/mol. The third-order valence-electron chi connectivity index (χ3n) is 8.18. The molecule has 1 heterocycles. The molecular weight excluding hydrogens is 412 g/mol. The first-order valence-electron chi connectivity index (χ1n) is 11.3. The van der Waals surface area contributed by atoms with Gasteiger partial charge < -0.3 is 15.4 Å². The molecule has 1 amide bonds. The van der Waals surface area contributed by atoms with Gasteiger partial charge >= 0.3 is 0 Å². The SMILES string of the molecule is Cc1ccc(C(=O)NC2C(C)(C)[C@@H]3CC[C@@]2(C)C3)cc1S(=O)(=O)C1(C)CNCC(C)O1. The van der Waals surface area contributed by atoms with Crippen molar-refractivity contribution < 1.29 is 17.9 Å². The van der Waals surface area contributed by atoms with Gasteiger partial charge in [0.1, 0.15) is 0 Å². The highest BCUT2D eigenvalue weighted by atomic mass is 32.2. The minimum Gasteiger partial charge on any atom is -0.353 e. The Labute approximate surface area is 186 Å². The molecule has 0 radical (unpaired) electrons. The molecule has 3 unspecified atom stereocenters. The van der Waals surface area contributed by atoms with Crippen molar-refractivity contribution in [3.8, 4) is 0 Å². The third-order valence-corrected chi connectivity index (χ3v) is 10.6. The molecule has 3 aliphatic rings. The molecule has 1 saturated heterocycles. The van der Waals surface area contributed by atoms with Crippen LogP contribution in [0.3, 0.4) is 0 Å². The fourth-order valence-corrected chi connectivity index (χ4v) is 8.13. The number of hydrogen-bond acceptors (Lipinski definition) is 5. The van der Waals surface area contributed by atoms with E-state index in [4.69, 9.17) is 4.74 Å². The maximum absolute atomic E-state index is 13.6. The Morgan fingerprint density at radius 3 is 2.55 bits per heavy atom. The summed E-state index contributed by atoms with van der Waals surface area (Å²) in [7, 11) is -3.82. The van der Waals surface area contributed by atoms with E-state index in [0.717, 1.165) is 12.8 Å². The molecule has 2 aliphatic carbocycles. The Morgan fingerprint density at radius 1 is 1.23 bits per heavy atom. The first kappa shape index (κ1) is 22.7. The molecule has 2 N–H and O–H groups in total. The number of nitrogens with one attached hydrogen (secondary N) is 2.